The first-order chi connectivity index (χ1) is 9.10. The second-order valence-electron chi connectivity index (χ2n) is 4.67. The van der Waals surface area contributed by atoms with Crippen molar-refractivity contribution < 1.29 is 0 Å². The number of aromatic nitrogens is 2. The number of hydrogen-bond donors (Lipinski definition) is 1. The van der Waals surface area contributed by atoms with Crippen LogP contribution in [0.5, 0.6) is 0 Å². The maximum absolute atomic E-state index is 5.92. The lowest BCUT2D eigenvalue weighted by molar-refractivity contribution is 0.738. The van der Waals surface area contributed by atoms with Crippen molar-refractivity contribution in [2.24, 2.45) is 0 Å². The topological polar surface area (TPSA) is 37.8 Å². The van der Waals surface area contributed by atoms with E-state index in [1.54, 1.807) is 0 Å². The fourth-order valence-electron chi connectivity index (χ4n) is 2.04. The van der Waals surface area contributed by atoms with Gasteiger partial charge in [0.2, 0.25) is 0 Å². The van der Waals surface area contributed by atoms with E-state index in [2.05, 4.69) is 22.4 Å². The Kier molecular flexibility index (Phi) is 4.38. The van der Waals surface area contributed by atoms with E-state index >= 15 is 0 Å². The highest BCUT2D eigenvalue weighted by molar-refractivity contribution is 6.30. The van der Waals surface area contributed by atoms with Gasteiger partial charge in [0.05, 0.1) is 11.7 Å². The fourth-order valence-corrected chi connectivity index (χ4v) is 2.17. The van der Waals surface area contributed by atoms with Crippen molar-refractivity contribution >= 4 is 17.4 Å². The minimum absolute atomic E-state index is 0.216. The number of aryl methyl sites for hydroxylation is 2. The lowest BCUT2D eigenvalue weighted by atomic mass is 10.0. The zero-order valence-electron chi connectivity index (χ0n) is 11.4. The van der Waals surface area contributed by atoms with Crippen LogP contribution in [0.1, 0.15) is 36.2 Å². The van der Waals surface area contributed by atoms with Gasteiger partial charge in [-0.05, 0) is 49.6 Å². The summed E-state index contributed by atoms with van der Waals surface area (Å²) < 4.78 is 0. The quantitative estimate of drug-likeness (QED) is 0.903. The van der Waals surface area contributed by atoms with E-state index in [0.29, 0.717) is 0 Å². The van der Waals surface area contributed by atoms with Crippen LogP contribution in [0.25, 0.3) is 0 Å². The van der Waals surface area contributed by atoms with Crippen molar-refractivity contribution in [3.05, 3.63) is 52.2 Å². The standard InChI is InChI=1S/C15H18ClN3/c1-4-14(12-5-7-13(16)8-6-12)17-15-10(2)9-11(3)18-19-15/h5-9,14H,4H2,1-3H3,(H,17,19)/t14-/m1/s1. The zero-order valence-corrected chi connectivity index (χ0v) is 12.2. The number of nitrogens with zero attached hydrogens (tertiary/aromatic N) is 2. The number of hydrogen-bond acceptors (Lipinski definition) is 3. The van der Waals surface area contributed by atoms with Crippen LogP contribution in [0.15, 0.2) is 30.3 Å². The summed E-state index contributed by atoms with van der Waals surface area (Å²) in [6.07, 6.45) is 0.969. The molecular weight excluding hydrogens is 258 g/mol. The van der Waals surface area contributed by atoms with Crippen molar-refractivity contribution in [3.63, 3.8) is 0 Å². The summed E-state index contributed by atoms with van der Waals surface area (Å²) in [7, 11) is 0. The summed E-state index contributed by atoms with van der Waals surface area (Å²) in [6, 6.07) is 10.2. The molecule has 4 heteroatoms. The van der Waals surface area contributed by atoms with Crippen LogP contribution in [0.3, 0.4) is 0 Å². The van der Waals surface area contributed by atoms with Crippen molar-refractivity contribution in [3.8, 4) is 0 Å². The molecule has 1 N–H and O–H groups in total. The Bertz CT molecular complexity index is 552. The Morgan fingerprint density at radius 1 is 1.16 bits per heavy atom. The number of rotatable bonds is 4. The Morgan fingerprint density at radius 2 is 1.84 bits per heavy atom. The summed E-state index contributed by atoms with van der Waals surface area (Å²) >= 11 is 5.92. The van der Waals surface area contributed by atoms with E-state index in [4.69, 9.17) is 11.6 Å². The van der Waals surface area contributed by atoms with E-state index in [0.717, 1.165) is 28.5 Å². The van der Waals surface area contributed by atoms with Gasteiger partial charge in [-0.2, -0.15) is 5.10 Å². The Balaban J connectivity index is 2.21. The molecule has 0 saturated heterocycles. The van der Waals surface area contributed by atoms with E-state index in [9.17, 15) is 0 Å². The molecule has 1 heterocycles. The van der Waals surface area contributed by atoms with Crippen molar-refractivity contribution in [1.82, 2.24) is 10.2 Å². The average molecular weight is 276 g/mol. The van der Waals surface area contributed by atoms with Gasteiger partial charge < -0.3 is 5.32 Å². The Morgan fingerprint density at radius 3 is 2.42 bits per heavy atom. The summed E-state index contributed by atoms with van der Waals surface area (Å²) in [4.78, 5) is 0. The van der Waals surface area contributed by atoms with Crippen LogP contribution < -0.4 is 5.32 Å². The molecule has 0 unspecified atom stereocenters. The minimum atomic E-state index is 0.216. The molecule has 0 spiro atoms. The first-order valence-electron chi connectivity index (χ1n) is 6.43. The first-order valence-corrected chi connectivity index (χ1v) is 6.81. The maximum atomic E-state index is 5.92. The fraction of sp³-hybridized carbons (Fsp3) is 0.333. The molecule has 1 aromatic heterocycles. The maximum Gasteiger partial charge on any atom is 0.152 e. The van der Waals surface area contributed by atoms with E-state index in [1.165, 1.54) is 5.56 Å². The third-order valence-electron chi connectivity index (χ3n) is 3.10. The van der Waals surface area contributed by atoms with Gasteiger partial charge in [0, 0.05) is 5.02 Å². The van der Waals surface area contributed by atoms with Gasteiger partial charge in [0.25, 0.3) is 0 Å². The van der Waals surface area contributed by atoms with E-state index in [-0.39, 0.29) is 6.04 Å². The van der Waals surface area contributed by atoms with Crippen LogP contribution in [-0.2, 0) is 0 Å². The summed E-state index contributed by atoms with van der Waals surface area (Å²) in [5.41, 5.74) is 3.25. The molecule has 0 amide bonds. The number of benzene rings is 1. The molecule has 0 saturated carbocycles. The lowest BCUT2D eigenvalue weighted by Gasteiger charge is -2.19. The first kappa shape index (κ1) is 13.8. The van der Waals surface area contributed by atoms with Crippen molar-refractivity contribution in [1.29, 1.82) is 0 Å². The number of nitrogens with one attached hydrogen (secondary N) is 1. The molecular formula is C15H18ClN3. The summed E-state index contributed by atoms with van der Waals surface area (Å²) in [5, 5.41) is 12.5. The second kappa shape index (κ2) is 6.02. The van der Waals surface area contributed by atoms with E-state index < -0.39 is 0 Å². The number of halogens is 1. The van der Waals surface area contributed by atoms with Gasteiger partial charge in [-0.15, -0.1) is 5.10 Å². The Labute approximate surface area is 119 Å². The normalized spacial score (nSPS) is 12.2. The molecule has 19 heavy (non-hydrogen) atoms. The van der Waals surface area contributed by atoms with Gasteiger partial charge in [-0.25, -0.2) is 0 Å². The van der Waals surface area contributed by atoms with Crippen molar-refractivity contribution in [2.45, 2.75) is 33.2 Å². The van der Waals surface area contributed by atoms with Gasteiger partial charge >= 0.3 is 0 Å². The minimum Gasteiger partial charge on any atom is -0.362 e. The molecule has 0 aliphatic rings. The number of anilines is 1. The molecule has 0 aliphatic carbocycles. The predicted octanol–water partition coefficient (Wildman–Crippen LogP) is 4.31. The zero-order chi connectivity index (χ0) is 13.8. The van der Waals surface area contributed by atoms with Gasteiger partial charge in [-0.1, -0.05) is 30.7 Å². The van der Waals surface area contributed by atoms with E-state index in [1.807, 2.05) is 44.2 Å². The van der Waals surface area contributed by atoms with Gasteiger partial charge in [0.1, 0.15) is 0 Å². The molecule has 0 radical (unpaired) electrons. The highest BCUT2D eigenvalue weighted by Gasteiger charge is 2.11. The van der Waals surface area contributed by atoms with Crippen LogP contribution in [0.4, 0.5) is 5.82 Å². The monoisotopic (exact) mass is 275 g/mol. The van der Waals surface area contributed by atoms with Crippen molar-refractivity contribution in [2.75, 3.05) is 5.32 Å². The molecule has 0 aliphatic heterocycles. The van der Waals surface area contributed by atoms with Gasteiger partial charge in [-0.3, -0.25) is 0 Å². The second-order valence-corrected chi connectivity index (χ2v) is 5.11. The molecule has 2 rings (SSSR count). The third kappa shape index (κ3) is 3.44. The van der Waals surface area contributed by atoms with Gasteiger partial charge in [0.15, 0.2) is 5.82 Å². The molecule has 0 bridgehead atoms. The molecule has 1 atom stereocenters. The van der Waals surface area contributed by atoms with Crippen LogP contribution in [-0.4, -0.2) is 10.2 Å². The Hall–Kier alpha value is -1.61. The predicted molar refractivity (Wildman–Crippen MR) is 79.6 cm³/mol. The molecule has 100 valence electrons. The van der Waals surface area contributed by atoms with Crippen LogP contribution in [0.2, 0.25) is 5.02 Å². The molecule has 2 aromatic rings. The highest BCUT2D eigenvalue weighted by atomic mass is 35.5. The lowest BCUT2D eigenvalue weighted by Crippen LogP contribution is -2.12. The highest BCUT2D eigenvalue weighted by Crippen LogP contribution is 2.24. The summed E-state index contributed by atoms with van der Waals surface area (Å²) in [6.45, 7) is 6.13. The van der Waals surface area contributed by atoms with Crippen LogP contribution >= 0.6 is 11.6 Å². The third-order valence-corrected chi connectivity index (χ3v) is 3.35. The summed E-state index contributed by atoms with van der Waals surface area (Å²) in [5.74, 6) is 0.840. The largest absolute Gasteiger partial charge is 0.362 e. The average Bonchev–Trinajstić information content (AvgIpc) is 2.39. The molecule has 3 nitrogen and oxygen atoms in total. The van der Waals surface area contributed by atoms with Crippen LogP contribution in [0, 0.1) is 13.8 Å². The SMILES string of the molecule is CC[C@@H](Nc1nnc(C)cc1C)c1ccc(Cl)cc1. The molecule has 1 aromatic carbocycles. The molecule has 0 fully saturated rings. The smallest absolute Gasteiger partial charge is 0.152 e.